The number of amides is 1. The lowest BCUT2D eigenvalue weighted by atomic mass is 9.96. The number of aryl methyl sites for hydroxylation is 2. The molecular weight excluding hydrogens is 462 g/mol. The number of sulfonamides is 1. The van der Waals surface area contributed by atoms with E-state index in [-0.39, 0.29) is 35.6 Å². The van der Waals surface area contributed by atoms with Crippen LogP contribution in [0.15, 0.2) is 64.0 Å². The Kier molecular flexibility index (Phi) is 7.52. The first-order chi connectivity index (χ1) is 16.8. The minimum Gasteiger partial charge on any atom is -0.355 e. The molecule has 1 aromatic heterocycles. The quantitative estimate of drug-likeness (QED) is 0.483. The third-order valence-electron chi connectivity index (χ3n) is 6.38. The lowest BCUT2D eigenvalue weighted by Gasteiger charge is -2.32. The third-order valence-corrected chi connectivity index (χ3v) is 8.44. The highest BCUT2D eigenvalue weighted by atomic mass is 32.2. The molecule has 1 amide bonds. The van der Waals surface area contributed by atoms with Gasteiger partial charge in [0.1, 0.15) is 5.69 Å². The van der Waals surface area contributed by atoms with Crippen molar-refractivity contribution in [2.24, 2.45) is 5.92 Å². The molecule has 3 aromatic rings. The molecule has 2 heterocycles. The van der Waals surface area contributed by atoms with Crippen molar-refractivity contribution in [2.45, 2.75) is 38.1 Å². The first-order valence-electron chi connectivity index (χ1n) is 11.8. The largest absolute Gasteiger partial charge is 0.355 e. The Morgan fingerprint density at radius 1 is 1.06 bits per heavy atom. The fraction of sp³-hybridized carbons (Fsp3) is 0.333. The molecule has 0 atom stereocenters. The lowest BCUT2D eigenvalue weighted by molar-refractivity contribution is -0.135. The zero-order chi connectivity index (χ0) is 25.0. The van der Waals surface area contributed by atoms with Crippen LogP contribution in [0, 0.1) is 19.8 Å². The van der Waals surface area contributed by atoms with E-state index >= 15 is 0 Å². The van der Waals surface area contributed by atoms with Crippen LogP contribution in [0.4, 0.5) is 0 Å². The van der Waals surface area contributed by atoms with Crippen LogP contribution in [0.1, 0.15) is 41.0 Å². The number of nitrogens with zero attached hydrogens (tertiary/aromatic N) is 3. The van der Waals surface area contributed by atoms with E-state index in [2.05, 4.69) is 5.16 Å². The molecule has 0 saturated carbocycles. The van der Waals surface area contributed by atoms with Gasteiger partial charge in [-0.2, -0.15) is 4.31 Å². The van der Waals surface area contributed by atoms with Crippen LogP contribution in [-0.2, 0) is 21.4 Å². The SMILES string of the molecule is Cc1ccc(/C=C/c2onc(C)c2S(=O)(=O)N2CCC(C(=O)N(C)Cc3ccccc3)CC2)cc1. The monoisotopic (exact) mass is 493 g/mol. The molecule has 0 N–H and O–H groups in total. The fourth-order valence-corrected chi connectivity index (χ4v) is 6.09. The van der Waals surface area contributed by atoms with E-state index in [0.29, 0.717) is 25.1 Å². The van der Waals surface area contributed by atoms with Crippen LogP contribution in [0.25, 0.3) is 12.2 Å². The van der Waals surface area contributed by atoms with E-state index in [4.69, 9.17) is 4.52 Å². The van der Waals surface area contributed by atoms with Crippen molar-refractivity contribution < 1.29 is 17.7 Å². The first kappa shape index (κ1) is 24.9. The van der Waals surface area contributed by atoms with Crippen molar-refractivity contribution in [3.8, 4) is 0 Å². The number of benzene rings is 2. The number of carbonyl (C=O) groups is 1. The smallest absolute Gasteiger partial charge is 0.248 e. The van der Waals surface area contributed by atoms with Gasteiger partial charge in [0.05, 0.1) is 0 Å². The second-order valence-corrected chi connectivity index (χ2v) is 10.9. The maximum atomic E-state index is 13.5. The molecule has 7 nitrogen and oxygen atoms in total. The van der Waals surface area contributed by atoms with Gasteiger partial charge in [0.15, 0.2) is 10.7 Å². The van der Waals surface area contributed by atoms with E-state index in [1.165, 1.54) is 4.31 Å². The molecule has 2 aromatic carbocycles. The summed E-state index contributed by atoms with van der Waals surface area (Å²) in [5.74, 6) is 0.0669. The Morgan fingerprint density at radius 3 is 2.37 bits per heavy atom. The van der Waals surface area contributed by atoms with Gasteiger partial charge in [-0.1, -0.05) is 71.4 Å². The Labute approximate surface area is 207 Å². The summed E-state index contributed by atoms with van der Waals surface area (Å²) in [7, 11) is -2.01. The van der Waals surface area contributed by atoms with Gasteiger partial charge in [0.25, 0.3) is 0 Å². The Morgan fingerprint density at radius 2 is 1.71 bits per heavy atom. The maximum Gasteiger partial charge on any atom is 0.248 e. The second-order valence-electron chi connectivity index (χ2n) is 9.06. The van der Waals surface area contributed by atoms with Gasteiger partial charge in [-0.15, -0.1) is 0 Å². The van der Waals surface area contributed by atoms with Crippen molar-refractivity contribution in [2.75, 3.05) is 20.1 Å². The van der Waals surface area contributed by atoms with Crippen LogP contribution < -0.4 is 0 Å². The summed E-state index contributed by atoms with van der Waals surface area (Å²) in [6, 6.07) is 17.7. The predicted octanol–water partition coefficient (Wildman–Crippen LogP) is 4.52. The van der Waals surface area contributed by atoms with Crippen LogP contribution >= 0.6 is 0 Å². The van der Waals surface area contributed by atoms with Crippen LogP contribution in [0.2, 0.25) is 0 Å². The second kappa shape index (κ2) is 10.6. The van der Waals surface area contributed by atoms with Crippen molar-refractivity contribution in [1.29, 1.82) is 0 Å². The Hall–Kier alpha value is -3.23. The highest BCUT2D eigenvalue weighted by Crippen LogP contribution is 2.30. The van der Waals surface area contributed by atoms with Crippen LogP contribution in [0.3, 0.4) is 0 Å². The van der Waals surface area contributed by atoms with Gasteiger partial charge in [0, 0.05) is 32.6 Å². The molecule has 0 aliphatic carbocycles. The third kappa shape index (κ3) is 5.71. The Balaban J connectivity index is 1.43. The van der Waals surface area contributed by atoms with Gasteiger partial charge >= 0.3 is 0 Å². The molecule has 35 heavy (non-hydrogen) atoms. The molecule has 4 rings (SSSR count). The average molecular weight is 494 g/mol. The zero-order valence-corrected chi connectivity index (χ0v) is 21.2. The molecule has 1 saturated heterocycles. The topological polar surface area (TPSA) is 83.7 Å². The summed E-state index contributed by atoms with van der Waals surface area (Å²) in [4.78, 5) is 14.8. The molecule has 1 aliphatic rings. The van der Waals surface area contributed by atoms with E-state index < -0.39 is 10.0 Å². The molecule has 0 spiro atoms. The van der Waals surface area contributed by atoms with Crippen LogP contribution in [0.5, 0.6) is 0 Å². The highest BCUT2D eigenvalue weighted by molar-refractivity contribution is 7.89. The number of aromatic nitrogens is 1. The standard InChI is InChI=1S/C27H31N3O4S/c1-20-9-11-22(12-10-20)13-14-25-26(21(2)28-34-25)35(32,33)30-17-15-24(16-18-30)27(31)29(3)19-23-7-5-4-6-8-23/h4-14,24H,15-19H2,1-3H3/b14-13+. The van der Waals surface area contributed by atoms with Gasteiger partial charge in [-0.05, 0) is 43.9 Å². The van der Waals surface area contributed by atoms with Gasteiger partial charge in [-0.25, -0.2) is 8.42 Å². The normalized spacial score (nSPS) is 15.5. The van der Waals surface area contributed by atoms with E-state index in [1.807, 2.05) is 67.6 Å². The van der Waals surface area contributed by atoms with Gasteiger partial charge in [-0.3, -0.25) is 4.79 Å². The average Bonchev–Trinajstić information content (AvgIpc) is 3.25. The van der Waals surface area contributed by atoms with E-state index in [9.17, 15) is 13.2 Å². The molecular formula is C27H31N3O4S. The molecule has 0 unspecified atom stereocenters. The van der Waals surface area contributed by atoms with Crippen LogP contribution in [-0.4, -0.2) is 48.8 Å². The summed E-state index contributed by atoms with van der Waals surface area (Å²) in [5.41, 5.74) is 3.48. The van der Waals surface area contributed by atoms with E-state index in [0.717, 1.165) is 16.7 Å². The highest BCUT2D eigenvalue weighted by Gasteiger charge is 2.36. The maximum absolute atomic E-state index is 13.5. The summed E-state index contributed by atoms with van der Waals surface area (Å²) in [6.45, 7) is 4.74. The first-order valence-corrected chi connectivity index (χ1v) is 13.2. The molecule has 0 radical (unpaired) electrons. The van der Waals surface area contributed by atoms with E-state index in [1.54, 1.807) is 24.9 Å². The number of piperidine rings is 1. The molecule has 0 bridgehead atoms. The lowest BCUT2D eigenvalue weighted by Crippen LogP contribution is -2.43. The number of hydrogen-bond donors (Lipinski definition) is 0. The number of carbonyl (C=O) groups excluding carboxylic acids is 1. The van der Waals surface area contributed by atoms with Gasteiger partial charge in [0.2, 0.25) is 15.9 Å². The number of rotatable bonds is 7. The minimum absolute atomic E-state index is 0.0498. The van der Waals surface area contributed by atoms with Crippen molar-refractivity contribution in [1.82, 2.24) is 14.4 Å². The summed E-state index contributed by atoms with van der Waals surface area (Å²) in [5, 5.41) is 3.92. The molecule has 1 aliphatic heterocycles. The zero-order valence-electron chi connectivity index (χ0n) is 20.3. The number of hydrogen-bond acceptors (Lipinski definition) is 5. The summed E-state index contributed by atoms with van der Waals surface area (Å²) >= 11 is 0. The predicted molar refractivity (Wildman–Crippen MR) is 136 cm³/mol. The van der Waals surface area contributed by atoms with Crippen molar-refractivity contribution in [3.05, 3.63) is 82.7 Å². The molecule has 184 valence electrons. The molecule has 8 heteroatoms. The fourth-order valence-electron chi connectivity index (χ4n) is 4.37. The summed E-state index contributed by atoms with van der Waals surface area (Å²) < 4.78 is 33.8. The Bertz CT molecular complexity index is 1290. The van der Waals surface area contributed by atoms with Gasteiger partial charge < -0.3 is 9.42 Å². The molecule has 1 fully saturated rings. The van der Waals surface area contributed by atoms with Crippen molar-refractivity contribution >= 4 is 28.1 Å². The minimum atomic E-state index is -3.81. The summed E-state index contributed by atoms with van der Waals surface area (Å²) in [6.07, 6.45) is 4.42. The van der Waals surface area contributed by atoms with Crippen molar-refractivity contribution in [3.63, 3.8) is 0 Å².